The lowest BCUT2D eigenvalue weighted by atomic mass is 9.89. The molecule has 1 heterocycles. The van der Waals surface area contributed by atoms with Gasteiger partial charge in [0.15, 0.2) is 0 Å². The largest absolute Gasteiger partial charge is 0.290 e. The van der Waals surface area contributed by atoms with Gasteiger partial charge in [-0.1, -0.05) is 109 Å². The molecule has 0 radical (unpaired) electrons. The van der Waals surface area contributed by atoms with E-state index in [0.29, 0.717) is 0 Å². The van der Waals surface area contributed by atoms with Crippen molar-refractivity contribution in [3.8, 4) is 0 Å². The molecule has 0 amide bonds. The molecule has 0 aliphatic carbocycles. The van der Waals surface area contributed by atoms with E-state index in [1.54, 1.807) is 24.3 Å². The fourth-order valence-corrected chi connectivity index (χ4v) is 6.62. The summed E-state index contributed by atoms with van der Waals surface area (Å²) in [5.74, 6) is 0. The first-order chi connectivity index (χ1) is 18.5. The lowest BCUT2D eigenvalue weighted by Gasteiger charge is -2.48. The fourth-order valence-electron chi connectivity index (χ4n) is 5.47. The predicted molar refractivity (Wildman–Crippen MR) is 153 cm³/mol. The summed E-state index contributed by atoms with van der Waals surface area (Å²) in [6, 6.07) is 40.4. The molecule has 1 N–H and O–H groups in total. The minimum atomic E-state index is -3.62. The highest BCUT2D eigenvalue weighted by atomic mass is 32.2. The maximum absolute atomic E-state index is 13.1. The molecule has 196 valence electrons. The molecule has 0 bridgehead atoms. The Balaban J connectivity index is 1.38. The van der Waals surface area contributed by atoms with E-state index in [2.05, 4.69) is 94.2 Å². The zero-order chi connectivity index (χ0) is 26.4. The molecule has 1 saturated heterocycles. The summed E-state index contributed by atoms with van der Waals surface area (Å²) in [6.07, 6.45) is 0. The highest BCUT2D eigenvalue weighted by molar-refractivity contribution is 7.89. The molecule has 0 saturated carbocycles. The second kappa shape index (κ2) is 11.6. The van der Waals surface area contributed by atoms with Crippen molar-refractivity contribution in [3.05, 3.63) is 138 Å². The Hall–Kier alpha value is -3.29. The van der Waals surface area contributed by atoms with Gasteiger partial charge in [-0.15, -0.1) is 0 Å². The molecule has 38 heavy (non-hydrogen) atoms. The van der Waals surface area contributed by atoms with Crippen molar-refractivity contribution in [1.82, 2.24) is 14.5 Å². The lowest BCUT2D eigenvalue weighted by molar-refractivity contribution is 0.0316. The Morgan fingerprint density at radius 3 is 1.63 bits per heavy atom. The minimum Gasteiger partial charge on any atom is -0.290 e. The maximum Gasteiger partial charge on any atom is 0.240 e. The third-order valence-electron chi connectivity index (χ3n) is 7.66. The smallest absolute Gasteiger partial charge is 0.240 e. The van der Waals surface area contributed by atoms with Gasteiger partial charge < -0.3 is 0 Å². The minimum absolute atomic E-state index is 0.180. The molecule has 5 nitrogen and oxygen atoms in total. The normalized spacial score (nSPS) is 16.8. The van der Waals surface area contributed by atoms with Crippen LogP contribution >= 0.6 is 0 Å². The number of hydrogen-bond donors (Lipinski definition) is 1. The van der Waals surface area contributed by atoms with E-state index >= 15 is 0 Å². The molecule has 6 heteroatoms. The van der Waals surface area contributed by atoms with Crippen LogP contribution in [0, 0.1) is 0 Å². The first kappa shape index (κ1) is 26.3. The van der Waals surface area contributed by atoms with E-state index in [-0.39, 0.29) is 17.5 Å². The molecule has 1 fully saturated rings. The lowest BCUT2D eigenvalue weighted by Crippen LogP contribution is -2.58. The van der Waals surface area contributed by atoms with E-state index in [0.717, 1.165) is 31.7 Å². The van der Waals surface area contributed by atoms with Gasteiger partial charge in [-0.05, 0) is 35.7 Å². The molecule has 1 aliphatic rings. The van der Waals surface area contributed by atoms with Gasteiger partial charge in [-0.2, -0.15) is 0 Å². The molecular weight excluding hydrogens is 490 g/mol. The third-order valence-corrected chi connectivity index (χ3v) is 9.08. The SMILES string of the molecule is C[C@](CNS(=O)(=O)c1ccccc1)(c1ccccc1)N1CCN(C(c2ccccc2)c2ccccc2)CC1. The van der Waals surface area contributed by atoms with Gasteiger partial charge >= 0.3 is 0 Å². The molecule has 4 aromatic carbocycles. The second-order valence-corrected chi connectivity index (χ2v) is 11.8. The molecule has 0 unspecified atom stereocenters. The summed E-state index contributed by atoms with van der Waals surface area (Å²) in [5.41, 5.74) is 3.18. The van der Waals surface area contributed by atoms with Crippen molar-refractivity contribution >= 4 is 10.0 Å². The van der Waals surface area contributed by atoms with Crippen LogP contribution in [0.1, 0.15) is 29.7 Å². The number of sulfonamides is 1. The maximum atomic E-state index is 13.1. The molecule has 0 spiro atoms. The van der Waals surface area contributed by atoms with Crippen LogP contribution in [0.4, 0.5) is 0 Å². The van der Waals surface area contributed by atoms with E-state index in [4.69, 9.17) is 0 Å². The average molecular weight is 526 g/mol. The van der Waals surface area contributed by atoms with Gasteiger partial charge in [-0.25, -0.2) is 13.1 Å². The Morgan fingerprint density at radius 2 is 1.13 bits per heavy atom. The number of benzene rings is 4. The van der Waals surface area contributed by atoms with Gasteiger partial charge in [-0.3, -0.25) is 9.80 Å². The summed E-state index contributed by atoms with van der Waals surface area (Å²) in [6.45, 7) is 5.85. The van der Waals surface area contributed by atoms with Crippen LogP contribution in [0.2, 0.25) is 0 Å². The first-order valence-electron chi connectivity index (χ1n) is 13.2. The number of piperazine rings is 1. The summed E-state index contributed by atoms with van der Waals surface area (Å²) in [5, 5.41) is 0. The number of nitrogens with one attached hydrogen (secondary N) is 1. The Morgan fingerprint density at radius 1 is 0.684 bits per heavy atom. The summed E-state index contributed by atoms with van der Waals surface area (Å²) in [4.78, 5) is 5.26. The Labute approximate surface area is 226 Å². The second-order valence-electron chi connectivity index (χ2n) is 10.0. The average Bonchev–Trinajstić information content (AvgIpc) is 2.98. The van der Waals surface area contributed by atoms with Crippen molar-refractivity contribution < 1.29 is 8.42 Å². The van der Waals surface area contributed by atoms with Crippen LogP contribution in [0.3, 0.4) is 0 Å². The van der Waals surface area contributed by atoms with Gasteiger partial charge in [0.05, 0.1) is 16.5 Å². The first-order valence-corrected chi connectivity index (χ1v) is 14.6. The molecule has 1 atom stereocenters. The van der Waals surface area contributed by atoms with Crippen molar-refractivity contribution in [2.24, 2.45) is 0 Å². The van der Waals surface area contributed by atoms with Gasteiger partial charge in [0.25, 0.3) is 0 Å². The molecular formula is C32H35N3O2S. The van der Waals surface area contributed by atoms with Crippen LogP contribution in [-0.2, 0) is 15.6 Å². The highest BCUT2D eigenvalue weighted by Gasteiger charge is 2.38. The van der Waals surface area contributed by atoms with E-state index in [1.165, 1.54) is 11.1 Å². The van der Waals surface area contributed by atoms with Crippen molar-refractivity contribution in [3.63, 3.8) is 0 Å². The number of hydrogen-bond acceptors (Lipinski definition) is 4. The zero-order valence-corrected chi connectivity index (χ0v) is 22.6. The van der Waals surface area contributed by atoms with Gasteiger partial charge in [0.1, 0.15) is 0 Å². The predicted octanol–water partition coefficient (Wildman–Crippen LogP) is 5.29. The topological polar surface area (TPSA) is 52.7 Å². The standard InChI is InChI=1S/C32H35N3O2S/c1-32(29-18-10-4-11-19-29,26-33-38(36,37)30-20-12-5-13-21-30)35-24-22-34(23-25-35)31(27-14-6-2-7-15-27)28-16-8-3-9-17-28/h2-21,31,33H,22-26H2,1H3/t32-/m0/s1. The van der Waals surface area contributed by atoms with E-state index < -0.39 is 15.6 Å². The molecule has 4 aromatic rings. The zero-order valence-electron chi connectivity index (χ0n) is 21.8. The van der Waals surface area contributed by atoms with Gasteiger partial charge in [0, 0.05) is 32.7 Å². The highest BCUT2D eigenvalue weighted by Crippen LogP contribution is 2.33. The number of rotatable bonds is 9. The van der Waals surface area contributed by atoms with Crippen LogP contribution in [0.5, 0.6) is 0 Å². The Kier molecular flexibility index (Phi) is 8.05. The van der Waals surface area contributed by atoms with Crippen LogP contribution in [0.25, 0.3) is 0 Å². The molecule has 1 aliphatic heterocycles. The monoisotopic (exact) mass is 525 g/mol. The quantitative estimate of drug-likeness (QED) is 0.323. The molecule has 5 rings (SSSR count). The van der Waals surface area contributed by atoms with Crippen molar-refractivity contribution in [2.45, 2.75) is 23.4 Å². The number of nitrogens with zero attached hydrogens (tertiary/aromatic N) is 2. The summed E-state index contributed by atoms with van der Waals surface area (Å²) >= 11 is 0. The van der Waals surface area contributed by atoms with Crippen LogP contribution < -0.4 is 4.72 Å². The molecule has 0 aromatic heterocycles. The van der Waals surface area contributed by atoms with Crippen molar-refractivity contribution in [2.75, 3.05) is 32.7 Å². The summed E-state index contributed by atoms with van der Waals surface area (Å²) in [7, 11) is -3.62. The van der Waals surface area contributed by atoms with Crippen LogP contribution in [-0.4, -0.2) is 50.9 Å². The Bertz CT molecular complexity index is 1350. The van der Waals surface area contributed by atoms with Gasteiger partial charge in [0.2, 0.25) is 10.0 Å². The summed E-state index contributed by atoms with van der Waals surface area (Å²) < 4.78 is 29.1. The van der Waals surface area contributed by atoms with Crippen molar-refractivity contribution in [1.29, 1.82) is 0 Å². The van der Waals surface area contributed by atoms with E-state index in [9.17, 15) is 8.42 Å². The van der Waals surface area contributed by atoms with E-state index in [1.807, 2.05) is 24.3 Å². The van der Waals surface area contributed by atoms with Crippen LogP contribution in [0.15, 0.2) is 126 Å². The fraction of sp³-hybridized carbons (Fsp3) is 0.250. The third kappa shape index (κ3) is 5.74.